The summed E-state index contributed by atoms with van der Waals surface area (Å²) in [5, 5.41) is 77.4. The molecule has 2 aliphatic heterocycles. The van der Waals surface area contributed by atoms with Gasteiger partial charge in [0.15, 0.2) is 0 Å². The second-order valence-electron chi connectivity index (χ2n) is 6.07. The van der Waals surface area contributed by atoms with E-state index in [2.05, 4.69) is 0 Å². The number of hydrogen-bond donors (Lipinski definition) is 8. The van der Waals surface area contributed by atoms with Crippen LogP contribution in [-0.4, -0.2) is 115 Å². The van der Waals surface area contributed by atoms with Crippen molar-refractivity contribution in [2.24, 2.45) is 0 Å². The molecular weight excluding hydrogens is 316 g/mol. The molecule has 23 heavy (non-hydrogen) atoms. The molecule has 2 aliphatic rings. The van der Waals surface area contributed by atoms with Gasteiger partial charge in [-0.25, -0.2) is 0 Å². The molecule has 136 valence electrons. The van der Waals surface area contributed by atoms with Crippen molar-refractivity contribution in [1.29, 1.82) is 0 Å². The molecule has 0 aromatic carbocycles. The fourth-order valence-electron chi connectivity index (χ4n) is 3.15. The lowest BCUT2D eigenvalue weighted by Gasteiger charge is -2.43. The molecule has 10 nitrogen and oxygen atoms in total. The molecule has 0 spiro atoms. The van der Waals surface area contributed by atoms with E-state index >= 15 is 0 Å². The lowest BCUT2D eigenvalue weighted by atomic mass is 9.84. The Bertz CT molecular complexity index is 393. The van der Waals surface area contributed by atoms with E-state index in [1.165, 1.54) is 0 Å². The fourth-order valence-corrected chi connectivity index (χ4v) is 3.15. The highest BCUT2D eigenvalue weighted by molar-refractivity contribution is 5.05. The Kier molecular flexibility index (Phi) is 5.95. The molecule has 2 saturated heterocycles. The lowest BCUT2D eigenvalue weighted by molar-refractivity contribution is -0.247. The highest BCUT2D eigenvalue weighted by Crippen LogP contribution is 2.37. The van der Waals surface area contributed by atoms with Gasteiger partial charge in [0.1, 0.15) is 48.3 Å². The molecule has 9 atom stereocenters. The van der Waals surface area contributed by atoms with E-state index < -0.39 is 74.3 Å². The van der Waals surface area contributed by atoms with E-state index in [0.717, 1.165) is 0 Å². The van der Waals surface area contributed by atoms with E-state index in [0.29, 0.717) is 0 Å². The third-order valence-corrected chi connectivity index (χ3v) is 4.61. The number of hydrogen-bond acceptors (Lipinski definition) is 10. The molecule has 10 heteroatoms. The molecule has 2 rings (SSSR count). The first-order chi connectivity index (χ1) is 10.8. The zero-order chi connectivity index (χ0) is 17.4. The average molecular weight is 340 g/mol. The highest BCUT2D eigenvalue weighted by atomic mass is 16.6. The van der Waals surface area contributed by atoms with Crippen LogP contribution in [0.1, 0.15) is 6.42 Å². The Balaban J connectivity index is 2.18. The first-order valence-corrected chi connectivity index (χ1v) is 7.37. The average Bonchev–Trinajstić information content (AvgIpc) is 2.80. The number of rotatable bonds is 5. The van der Waals surface area contributed by atoms with Crippen LogP contribution < -0.4 is 0 Å². The van der Waals surface area contributed by atoms with E-state index in [1.807, 2.05) is 0 Å². The van der Waals surface area contributed by atoms with Gasteiger partial charge in [-0.1, -0.05) is 0 Å². The van der Waals surface area contributed by atoms with Crippen LogP contribution in [0, 0.1) is 0 Å². The van der Waals surface area contributed by atoms with Crippen molar-refractivity contribution in [3.63, 3.8) is 0 Å². The van der Waals surface area contributed by atoms with Crippen LogP contribution in [0.2, 0.25) is 0 Å². The second kappa shape index (κ2) is 7.23. The molecule has 0 aromatic rings. The molecule has 0 aliphatic carbocycles. The zero-order valence-corrected chi connectivity index (χ0v) is 12.3. The minimum Gasteiger partial charge on any atom is -0.394 e. The topological polar surface area (TPSA) is 180 Å². The van der Waals surface area contributed by atoms with Crippen LogP contribution in [-0.2, 0) is 9.47 Å². The summed E-state index contributed by atoms with van der Waals surface area (Å²) in [7, 11) is 0. The van der Waals surface area contributed by atoms with Crippen molar-refractivity contribution in [3.05, 3.63) is 0 Å². The summed E-state index contributed by atoms with van der Waals surface area (Å²) in [5.74, 6) is 0. The maximum Gasteiger partial charge on any atom is 0.123 e. The SMILES string of the molecule is OC[C@H]1O[C@](CO)(C[C@H]2O[C@H](CO)[C@@H](O)[C@H](O)[C@H]2O)[C@@H](O)[C@@H]1O. The van der Waals surface area contributed by atoms with Gasteiger partial charge < -0.3 is 50.3 Å². The number of ether oxygens (including phenoxy) is 2. The summed E-state index contributed by atoms with van der Waals surface area (Å²) in [6.45, 7) is -1.94. The Hall–Kier alpha value is -0.400. The zero-order valence-electron chi connectivity index (χ0n) is 12.3. The summed E-state index contributed by atoms with van der Waals surface area (Å²) in [6.07, 6.45) is -11.5. The van der Waals surface area contributed by atoms with E-state index in [-0.39, 0.29) is 6.42 Å². The first-order valence-electron chi connectivity index (χ1n) is 7.37. The van der Waals surface area contributed by atoms with Gasteiger partial charge in [0.05, 0.1) is 25.9 Å². The van der Waals surface area contributed by atoms with Crippen molar-refractivity contribution < 1.29 is 50.3 Å². The van der Waals surface area contributed by atoms with Crippen LogP contribution in [0.4, 0.5) is 0 Å². The van der Waals surface area contributed by atoms with Crippen LogP contribution in [0.25, 0.3) is 0 Å². The second-order valence-corrected chi connectivity index (χ2v) is 6.07. The molecule has 0 bridgehead atoms. The third kappa shape index (κ3) is 3.24. The summed E-state index contributed by atoms with van der Waals surface area (Å²) in [4.78, 5) is 0. The Morgan fingerprint density at radius 2 is 1.26 bits per heavy atom. The molecule has 0 saturated carbocycles. The monoisotopic (exact) mass is 340 g/mol. The predicted molar refractivity (Wildman–Crippen MR) is 72.2 cm³/mol. The van der Waals surface area contributed by atoms with Crippen molar-refractivity contribution in [2.75, 3.05) is 19.8 Å². The van der Waals surface area contributed by atoms with Gasteiger partial charge in [0.25, 0.3) is 0 Å². The van der Waals surface area contributed by atoms with Gasteiger partial charge in [-0.05, 0) is 0 Å². The molecule has 8 N–H and O–H groups in total. The fraction of sp³-hybridized carbons (Fsp3) is 1.00. The van der Waals surface area contributed by atoms with Gasteiger partial charge in [0, 0.05) is 6.42 Å². The molecule has 0 radical (unpaired) electrons. The Labute approximate surface area is 132 Å². The van der Waals surface area contributed by atoms with Gasteiger partial charge in [-0.3, -0.25) is 0 Å². The molecule has 0 amide bonds. The number of aliphatic hydroxyl groups excluding tert-OH is 8. The van der Waals surface area contributed by atoms with Gasteiger partial charge in [-0.15, -0.1) is 0 Å². The summed E-state index contributed by atoms with van der Waals surface area (Å²) in [6, 6.07) is 0. The number of aliphatic hydroxyl groups is 8. The van der Waals surface area contributed by atoms with Crippen LogP contribution in [0.15, 0.2) is 0 Å². The molecule has 2 heterocycles. The summed E-state index contributed by atoms with van der Waals surface area (Å²) >= 11 is 0. The van der Waals surface area contributed by atoms with Crippen molar-refractivity contribution in [2.45, 2.75) is 60.9 Å². The minimum absolute atomic E-state index is 0.334. The maximum absolute atomic E-state index is 10.1. The van der Waals surface area contributed by atoms with Crippen LogP contribution in [0.3, 0.4) is 0 Å². The third-order valence-electron chi connectivity index (χ3n) is 4.61. The molecule has 2 fully saturated rings. The van der Waals surface area contributed by atoms with Crippen molar-refractivity contribution >= 4 is 0 Å². The quantitative estimate of drug-likeness (QED) is 0.241. The molecular formula is C13H24O10. The first kappa shape index (κ1) is 18.9. The normalized spacial score (nSPS) is 51.1. The van der Waals surface area contributed by atoms with E-state index in [9.17, 15) is 30.6 Å². The standard InChI is InChI=1S/C13H24O10/c14-2-6-9(18)11(20)8(17)5(22-6)1-13(4-16)12(21)10(19)7(3-15)23-13/h5-12,14-21H,1-4H2/t5-,6-,7-,8+,9-,10-,11-,12+,13+/m1/s1. The maximum atomic E-state index is 10.1. The summed E-state index contributed by atoms with van der Waals surface area (Å²) in [5.41, 5.74) is -1.72. The van der Waals surface area contributed by atoms with Crippen LogP contribution in [0.5, 0.6) is 0 Å². The smallest absolute Gasteiger partial charge is 0.123 e. The van der Waals surface area contributed by atoms with Gasteiger partial charge in [0.2, 0.25) is 0 Å². The van der Waals surface area contributed by atoms with E-state index in [1.54, 1.807) is 0 Å². The van der Waals surface area contributed by atoms with Crippen LogP contribution >= 0.6 is 0 Å². The van der Waals surface area contributed by atoms with Crippen molar-refractivity contribution in [3.8, 4) is 0 Å². The van der Waals surface area contributed by atoms with Gasteiger partial charge in [-0.2, -0.15) is 0 Å². The molecule has 0 unspecified atom stereocenters. The predicted octanol–water partition coefficient (Wildman–Crippen LogP) is -4.94. The van der Waals surface area contributed by atoms with E-state index in [4.69, 9.17) is 19.7 Å². The summed E-state index contributed by atoms with van der Waals surface area (Å²) < 4.78 is 10.7. The Morgan fingerprint density at radius 3 is 1.74 bits per heavy atom. The largest absolute Gasteiger partial charge is 0.394 e. The minimum atomic E-state index is -1.72. The highest BCUT2D eigenvalue weighted by Gasteiger charge is 2.56. The Morgan fingerprint density at radius 1 is 0.696 bits per heavy atom. The van der Waals surface area contributed by atoms with Gasteiger partial charge >= 0.3 is 0 Å². The lowest BCUT2D eigenvalue weighted by Crippen LogP contribution is -2.61. The molecule has 0 aromatic heterocycles. The van der Waals surface area contributed by atoms with Crippen molar-refractivity contribution in [1.82, 2.24) is 0 Å².